The molecule has 2 heterocycles. The first-order valence-electron chi connectivity index (χ1n) is 4.89. The van der Waals surface area contributed by atoms with Gasteiger partial charge in [-0.05, 0) is 19.1 Å². The lowest BCUT2D eigenvalue weighted by Gasteiger charge is -2.05. The average molecular weight is 235 g/mol. The Morgan fingerprint density at radius 3 is 3.00 bits per heavy atom. The molecular weight excluding hydrogens is 227 g/mol. The van der Waals surface area contributed by atoms with Crippen molar-refractivity contribution in [3.8, 4) is 0 Å². The maximum Gasteiger partial charge on any atom is 0.151 e. The molecule has 0 saturated heterocycles. The van der Waals surface area contributed by atoms with Crippen LogP contribution >= 0.6 is 11.6 Å². The summed E-state index contributed by atoms with van der Waals surface area (Å²) in [4.78, 5) is 7.09. The maximum absolute atomic E-state index is 13.7. The zero-order valence-electron chi connectivity index (χ0n) is 8.51. The molecule has 2 aromatic heterocycles. The Balaban J connectivity index is 2.64. The second kappa shape index (κ2) is 3.19. The van der Waals surface area contributed by atoms with E-state index in [1.165, 1.54) is 6.07 Å². The summed E-state index contributed by atoms with van der Waals surface area (Å²) >= 11 is 6.18. The minimum atomic E-state index is -0.328. The number of pyridine rings is 1. The van der Waals surface area contributed by atoms with Crippen molar-refractivity contribution in [2.24, 2.45) is 0 Å². The van der Waals surface area contributed by atoms with Gasteiger partial charge in [-0.25, -0.2) is 4.39 Å². The fourth-order valence-corrected chi connectivity index (χ4v) is 2.37. The molecule has 0 aliphatic rings. The van der Waals surface area contributed by atoms with Crippen molar-refractivity contribution in [2.75, 3.05) is 0 Å². The molecule has 80 valence electrons. The molecule has 2 nitrogen and oxygen atoms in total. The number of H-pyrrole nitrogens is 1. The highest BCUT2D eigenvalue weighted by Crippen LogP contribution is 2.31. The van der Waals surface area contributed by atoms with Crippen LogP contribution < -0.4 is 0 Å². The molecule has 0 spiro atoms. The van der Waals surface area contributed by atoms with Crippen molar-refractivity contribution in [2.45, 2.75) is 6.92 Å². The lowest BCUT2D eigenvalue weighted by molar-refractivity contribution is 0.638. The molecule has 0 amide bonds. The number of rotatable bonds is 0. The van der Waals surface area contributed by atoms with Crippen LogP contribution in [0.2, 0.25) is 5.02 Å². The third-order valence-corrected chi connectivity index (χ3v) is 2.95. The van der Waals surface area contributed by atoms with E-state index in [1.54, 1.807) is 12.3 Å². The normalized spacial score (nSPS) is 11.4. The van der Waals surface area contributed by atoms with E-state index in [4.69, 9.17) is 11.6 Å². The zero-order valence-corrected chi connectivity index (χ0v) is 9.27. The Kier molecular flexibility index (Phi) is 1.91. The Morgan fingerprint density at radius 2 is 2.19 bits per heavy atom. The van der Waals surface area contributed by atoms with E-state index in [1.807, 2.05) is 13.0 Å². The van der Waals surface area contributed by atoms with Gasteiger partial charge in [0.05, 0.1) is 10.5 Å². The largest absolute Gasteiger partial charge is 0.358 e. The smallest absolute Gasteiger partial charge is 0.151 e. The van der Waals surface area contributed by atoms with Gasteiger partial charge in [0.15, 0.2) is 5.82 Å². The summed E-state index contributed by atoms with van der Waals surface area (Å²) in [6.07, 6.45) is 1.59. The van der Waals surface area contributed by atoms with E-state index in [-0.39, 0.29) is 5.82 Å². The lowest BCUT2D eigenvalue weighted by Crippen LogP contribution is -1.88. The molecule has 0 aliphatic heterocycles. The van der Waals surface area contributed by atoms with Gasteiger partial charge in [0, 0.05) is 28.7 Å². The topological polar surface area (TPSA) is 28.7 Å². The first-order valence-corrected chi connectivity index (χ1v) is 5.26. The number of aromatic amines is 1. The molecule has 4 heteroatoms. The van der Waals surface area contributed by atoms with Gasteiger partial charge < -0.3 is 4.98 Å². The molecule has 0 bridgehead atoms. The van der Waals surface area contributed by atoms with Crippen molar-refractivity contribution in [1.82, 2.24) is 9.97 Å². The van der Waals surface area contributed by atoms with Crippen LogP contribution in [0.3, 0.4) is 0 Å². The summed E-state index contributed by atoms with van der Waals surface area (Å²) in [7, 11) is 0. The summed E-state index contributed by atoms with van der Waals surface area (Å²) < 4.78 is 13.7. The predicted octanol–water partition coefficient (Wildman–Crippen LogP) is 3.82. The number of aromatic nitrogens is 2. The van der Waals surface area contributed by atoms with Crippen LogP contribution in [0.1, 0.15) is 5.69 Å². The van der Waals surface area contributed by atoms with Crippen LogP contribution in [0.5, 0.6) is 0 Å². The van der Waals surface area contributed by atoms with E-state index in [2.05, 4.69) is 9.97 Å². The van der Waals surface area contributed by atoms with Crippen LogP contribution in [0.25, 0.3) is 21.8 Å². The zero-order chi connectivity index (χ0) is 11.3. The number of aryl methyl sites for hydroxylation is 1. The van der Waals surface area contributed by atoms with Crippen molar-refractivity contribution < 1.29 is 4.39 Å². The van der Waals surface area contributed by atoms with E-state index in [9.17, 15) is 4.39 Å². The molecule has 16 heavy (non-hydrogen) atoms. The quantitative estimate of drug-likeness (QED) is 0.629. The van der Waals surface area contributed by atoms with Gasteiger partial charge in [-0.1, -0.05) is 11.6 Å². The van der Waals surface area contributed by atoms with E-state index < -0.39 is 0 Å². The summed E-state index contributed by atoms with van der Waals surface area (Å²) in [6.45, 7) is 1.89. The third kappa shape index (κ3) is 1.21. The van der Waals surface area contributed by atoms with Crippen molar-refractivity contribution >= 4 is 33.4 Å². The molecule has 0 saturated carbocycles. The van der Waals surface area contributed by atoms with E-state index in [0.29, 0.717) is 16.1 Å². The Morgan fingerprint density at radius 1 is 1.38 bits per heavy atom. The van der Waals surface area contributed by atoms with Crippen LogP contribution in [0.15, 0.2) is 24.4 Å². The summed E-state index contributed by atoms with van der Waals surface area (Å²) in [5, 5.41) is 2.18. The van der Waals surface area contributed by atoms with Gasteiger partial charge in [-0.2, -0.15) is 0 Å². The second-order valence-corrected chi connectivity index (χ2v) is 4.20. The molecule has 1 N–H and O–H groups in total. The fourth-order valence-electron chi connectivity index (χ4n) is 2.01. The second-order valence-electron chi connectivity index (χ2n) is 3.79. The third-order valence-electron chi connectivity index (χ3n) is 2.65. The monoisotopic (exact) mass is 234 g/mol. The minimum Gasteiger partial charge on any atom is -0.358 e. The first-order chi connectivity index (χ1) is 7.66. The Labute approximate surface area is 96.1 Å². The number of hydrogen-bond donors (Lipinski definition) is 1. The highest BCUT2D eigenvalue weighted by atomic mass is 35.5. The number of fused-ring (bicyclic) bond motifs is 3. The maximum atomic E-state index is 13.7. The van der Waals surface area contributed by atoms with E-state index >= 15 is 0 Å². The summed E-state index contributed by atoms with van der Waals surface area (Å²) in [5.41, 5.74) is 1.96. The van der Waals surface area contributed by atoms with Gasteiger partial charge in [-0.3, -0.25) is 4.98 Å². The molecule has 0 atom stereocenters. The molecule has 1 aromatic carbocycles. The molecule has 3 rings (SSSR count). The van der Waals surface area contributed by atoms with Crippen LogP contribution in [0, 0.1) is 12.7 Å². The average Bonchev–Trinajstić information content (AvgIpc) is 2.65. The van der Waals surface area contributed by atoms with Crippen LogP contribution in [-0.2, 0) is 0 Å². The Hall–Kier alpha value is -1.61. The summed E-state index contributed by atoms with van der Waals surface area (Å²) in [5.74, 6) is -0.328. The molecule has 3 aromatic rings. The van der Waals surface area contributed by atoms with Crippen LogP contribution in [0.4, 0.5) is 4.39 Å². The van der Waals surface area contributed by atoms with Gasteiger partial charge in [0.1, 0.15) is 5.52 Å². The van der Waals surface area contributed by atoms with Crippen molar-refractivity contribution in [3.05, 3.63) is 40.9 Å². The van der Waals surface area contributed by atoms with Crippen molar-refractivity contribution in [3.63, 3.8) is 0 Å². The van der Waals surface area contributed by atoms with Gasteiger partial charge >= 0.3 is 0 Å². The highest BCUT2D eigenvalue weighted by molar-refractivity contribution is 6.37. The molecule has 0 aliphatic carbocycles. The SMILES string of the molecule is Cc1cc(Cl)c2c(cc(F)c3nccc32)[nH]1. The molecule has 0 fully saturated rings. The van der Waals surface area contributed by atoms with Gasteiger partial charge in [0.25, 0.3) is 0 Å². The van der Waals surface area contributed by atoms with E-state index in [0.717, 1.165) is 16.5 Å². The summed E-state index contributed by atoms with van der Waals surface area (Å²) in [6, 6.07) is 5.04. The van der Waals surface area contributed by atoms with Gasteiger partial charge in [-0.15, -0.1) is 0 Å². The fraction of sp³-hybridized carbons (Fsp3) is 0.0833. The van der Waals surface area contributed by atoms with Crippen molar-refractivity contribution in [1.29, 1.82) is 0 Å². The van der Waals surface area contributed by atoms with Crippen LogP contribution in [-0.4, -0.2) is 9.97 Å². The number of nitrogens with one attached hydrogen (secondary N) is 1. The predicted molar refractivity (Wildman–Crippen MR) is 63.3 cm³/mol. The standard InChI is InChI=1S/C12H8ClFN2/c1-6-4-8(13)11-7-2-3-15-12(7)9(14)5-10(11)16-6/h2-5,16H,1H3. The minimum absolute atomic E-state index is 0.328. The Bertz CT molecular complexity index is 703. The number of hydrogen-bond acceptors (Lipinski definition) is 1. The highest BCUT2D eigenvalue weighted by Gasteiger charge is 2.11. The molecular formula is C12H8ClFN2. The number of halogens is 2. The van der Waals surface area contributed by atoms with Gasteiger partial charge in [0.2, 0.25) is 0 Å². The lowest BCUT2D eigenvalue weighted by atomic mass is 10.1. The first kappa shape index (κ1) is 9.60. The molecule has 0 unspecified atom stereocenters. The number of benzene rings is 1. The molecule has 0 radical (unpaired) electrons. The number of nitrogens with zero attached hydrogens (tertiary/aromatic N) is 1.